The van der Waals surface area contributed by atoms with Crippen molar-refractivity contribution in [3.8, 4) is 5.75 Å². The third kappa shape index (κ3) is 5.21. The van der Waals surface area contributed by atoms with E-state index < -0.39 is 0 Å². The third-order valence-corrected chi connectivity index (χ3v) is 3.13. The van der Waals surface area contributed by atoms with Crippen molar-refractivity contribution in [3.05, 3.63) is 29.3 Å². The summed E-state index contributed by atoms with van der Waals surface area (Å²) >= 11 is 0. The van der Waals surface area contributed by atoms with E-state index in [0.717, 1.165) is 16.9 Å². The molecular formula is C16H26N2O2. The minimum atomic E-state index is -0.0803. The largest absolute Gasteiger partial charge is 0.483 e. The van der Waals surface area contributed by atoms with Crippen molar-refractivity contribution in [1.82, 2.24) is 10.6 Å². The van der Waals surface area contributed by atoms with E-state index in [9.17, 15) is 4.79 Å². The van der Waals surface area contributed by atoms with E-state index in [2.05, 4.69) is 37.5 Å². The second kappa shape index (κ2) is 7.90. The van der Waals surface area contributed by atoms with Gasteiger partial charge in [0.1, 0.15) is 5.75 Å². The highest BCUT2D eigenvalue weighted by Crippen LogP contribution is 2.26. The third-order valence-electron chi connectivity index (χ3n) is 3.13. The van der Waals surface area contributed by atoms with Crippen molar-refractivity contribution in [1.29, 1.82) is 0 Å². The molecule has 1 aromatic carbocycles. The van der Waals surface area contributed by atoms with Gasteiger partial charge in [-0.1, -0.05) is 26.0 Å². The van der Waals surface area contributed by atoms with Crippen LogP contribution in [-0.4, -0.2) is 26.1 Å². The molecule has 0 aliphatic heterocycles. The number of carbonyl (C=O) groups is 1. The molecule has 2 N–H and O–H groups in total. The van der Waals surface area contributed by atoms with Crippen molar-refractivity contribution in [2.24, 2.45) is 5.92 Å². The predicted octanol–water partition coefficient (Wildman–Crippen LogP) is 2.43. The van der Waals surface area contributed by atoms with Gasteiger partial charge in [0.2, 0.25) is 0 Å². The Labute approximate surface area is 121 Å². The molecule has 0 radical (unpaired) electrons. The normalized spacial score (nSPS) is 12.3. The fourth-order valence-corrected chi connectivity index (χ4v) is 1.79. The fraction of sp³-hybridized carbons (Fsp3) is 0.562. The number of hydrogen-bond donors (Lipinski definition) is 2. The number of ether oxygens (including phenoxy) is 1. The Balaban J connectivity index is 2.66. The van der Waals surface area contributed by atoms with Crippen molar-refractivity contribution < 1.29 is 9.53 Å². The summed E-state index contributed by atoms with van der Waals surface area (Å²) in [5.74, 6) is 1.13. The first-order valence-corrected chi connectivity index (χ1v) is 7.11. The summed E-state index contributed by atoms with van der Waals surface area (Å²) < 4.78 is 5.68. The molecule has 4 heteroatoms. The zero-order valence-corrected chi connectivity index (χ0v) is 13.1. The molecule has 0 aromatic heterocycles. The van der Waals surface area contributed by atoms with Crippen molar-refractivity contribution in [3.63, 3.8) is 0 Å². The SMILES string of the molecule is CNC(C)c1ccc(C)cc1OCC(=O)NCC(C)C. The summed E-state index contributed by atoms with van der Waals surface area (Å²) in [4.78, 5) is 11.7. The van der Waals surface area contributed by atoms with Gasteiger partial charge in [-0.3, -0.25) is 4.79 Å². The van der Waals surface area contributed by atoms with Gasteiger partial charge in [-0.2, -0.15) is 0 Å². The molecule has 0 fully saturated rings. The molecule has 0 saturated carbocycles. The maximum atomic E-state index is 11.7. The summed E-state index contributed by atoms with van der Waals surface area (Å²) in [5.41, 5.74) is 2.18. The van der Waals surface area contributed by atoms with Gasteiger partial charge in [0.15, 0.2) is 6.61 Å². The highest BCUT2D eigenvalue weighted by Gasteiger charge is 2.12. The summed E-state index contributed by atoms with van der Waals surface area (Å²) in [6.07, 6.45) is 0. The summed E-state index contributed by atoms with van der Waals surface area (Å²) in [6.45, 7) is 8.94. The van der Waals surface area contributed by atoms with Crippen LogP contribution in [0.1, 0.15) is 37.9 Å². The van der Waals surface area contributed by atoms with Crippen LogP contribution in [0.15, 0.2) is 18.2 Å². The van der Waals surface area contributed by atoms with E-state index in [1.165, 1.54) is 0 Å². The average molecular weight is 278 g/mol. The molecule has 0 saturated heterocycles. The number of carbonyl (C=O) groups excluding carboxylic acids is 1. The van der Waals surface area contributed by atoms with Crippen molar-refractivity contribution in [2.75, 3.05) is 20.2 Å². The lowest BCUT2D eigenvalue weighted by atomic mass is 10.1. The number of rotatable bonds is 7. The minimum absolute atomic E-state index is 0.0552. The molecule has 0 aliphatic carbocycles. The van der Waals surface area contributed by atoms with Gasteiger partial charge in [0, 0.05) is 18.2 Å². The zero-order chi connectivity index (χ0) is 15.1. The van der Waals surface area contributed by atoms with E-state index in [0.29, 0.717) is 12.5 Å². The topological polar surface area (TPSA) is 50.4 Å². The van der Waals surface area contributed by atoms with E-state index in [1.54, 1.807) is 0 Å². The van der Waals surface area contributed by atoms with E-state index in [-0.39, 0.29) is 18.6 Å². The number of benzene rings is 1. The van der Waals surface area contributed by atoms with E-state index >= 15 is 0 Å². The first-order valence-electron chi connectivity index (χ1n) is 7.11. The van der Waals surface area contributed by atoms with Crippen LogP contribution >= 0.6 is 0 Å². The first kappa shape index (κ1) is 16.5. The van der Waals surface area contributed by atoms with Crippen LogP contribution in [0.2, 0.25) is 0 Å². The van der Waals surface area contributed by atoms with Gasteiger partial charge < -0.3 is 15.4 Å². The van der Waals surface area contributed by atoms with Crippen molar-refractivity contribution in [2.45, 2.75) is 33.7 Å². The zero-order valence-electron chi connectivity index (χ0n) is 13.1. The van der Waals surface area contributed by atoms with Crippen LogP contribution < -0.4 is 15.4 Å². The number of aryl methyl sites for hydroxylation is 1. The molecule has 1 aromatic rings. The molecule has 0 bridgehead atoms. The fourth-order valence-electron chi connectivity index (χ4n) is 1.79. The van der Waals surface area contributed by atoms with Gasteiger partial charge >= 0.3 is 0 Å². The van der Waals surface area contributed by atoms with Crippen LogP contribution in [0, 0.1) is 12.8 Å². The lowest BCUT2D eigenvalue weighted by Gasteiger charge is -2.17. The molecule has 1 unspecified atom stereocenters. The van der Waals surface area contributed by atoms with E-state index in [4.69, 9.17) is 4.74 Å². The molecule has 0 aliphatic rings. The molecule has 4 nitrogen and oxygen atoms in total. The summed E-state index contributed by atoms with van der Waals surface area (Å²) in [5, 5.41) is 6.04. The minimum Gasteiger partial charge on any atom is -0.483 e. The van der Waals surface area contributed by atoms with Crippen LogP contribution in [0.25, 0.3) is 0 Å². The smallest absolute Gasteiger partial charge is 0.257 e. The lowest BCUT2D eigenvalue weighted by molar-refractivity contribution is -0.123. The molecule has 1 atom stereocenters. The van der Waals surface area contributed by atoms with Crippen molar-refractivity contribution >= 4 is 5.91 Å². The number of amides is 1. The van der Waals surface area contributed by atoms with Gasteiger partial charge in [0.05, 0.1) is 0 Å². The molecule has 0 heterocycles. The van der Waals surface area contributed by atoms with Gasteiger partial charge in [-0.05, 0) is 38.4 Å². The summed E-state index contributed by atoms with van der Waals surface area (Å²) in [7, 11) is 1.91. The molecule has 20 heavy (non-hydrogen) atoms. The monoisotopic (exact) mass is 278 g/mol. The second-order valence-corrected chi connectivity index (χ2v) is 5.54. The predicted molar refractivity (Wildman–Crippen MR) is 82.0 cm³/mol. The molecular weight excluding hydrogens is 252 g/mol. The van der Waals surface area contributed by atoms with Gasteiger partial charge in [0.25, 0.3) is 5.91 Å². The standard InChI is InChI=1S/C16H26N2O2/c1-11(2)9-18-16(19)10-20-15-8-12(3)6-7-14(15)13(4)17-5/h6-8,11,13,17H,9-10H2,1-5H3,(H,18,19). The Morgan fingerprint density at radius 2 is 2.00 bits per heavy atom. The quantitative estimate of drug-likeness (QED) is 0.805. The van der Waals surface area contributed by atoms with Crippen LogP contribution in [0.5, 0.6) is 5.75 Å². The second-order valence-electron chi connectivity index (χ2n) is 5.54. The Bertz CT molecular complexity index is 444. The molecule has 0 spiro atoms. The highest BCUT2D eigenvalue weighted by molar-refractivity contribution is 5.77. The van der Waals surface area contributed by atoms with Crippen LogP contribution in [0.3, 0.4) is 0 Å². The highest BCUT2D eigenvalue weighted by atomic mass is 16.5. The Morgan fingerprint density at radius 1 is 1.30 bits per heavy atom. The van der Waals surface area contributed by atoms with Crippen LogP contribution in [-0.2, 0) is 4.79 Å². The Morgan fingerprint density at radius 3 is 2.60 bits per heavy atom. The maximum absolute atomic E-state index is 11.7. The Hall–Kier alpha value is -1.55. The molecule has 112 valence electrons. The first-order chi connectivity index (χ1) is 9.43. The summed E-state index contributed by atoms with van der Waals surface area (Å²) in [6, 6.07) is 6.25. The Kier molecular flexibility index (Phi) is 6.52. The molecule has 1 rings (SSSR count). The van der Waals surface area contributed by atoms with Crippen LogP contribution in [0.4, 0.5) is 0 Å². The van der Waals surface area contributed by atoms with Gasteiger partial charge in [-0.15, -0.1) is 0 Å². The maximum Gasteiger partial charge on any atom is 0.257 e. The van der Waals surface area contributed by atoms with E-state index in [1.807, 2.05) is 26.1 Å². The number of hydrogen-bond acceptors (Lipinski definition) is 3. The average Bonchev–Trinajstić information content (AvgIpc) is 2.42. The number of nitrogens with one attached hydrogen (secondary N) is 2. The van der Waals surface area contributed by atoms with Gasteiger partial charge in [-0.25, -0.2) is 0 Å². The molecule has 1 amide bonds. The lowest BCUT2D eigenvalue weighted by Crippen LogP contribution is -2.32.